The highest BCUT2D eigenvalue weighted by Crippen LogP contribution is 2.48. The van der Waals surface area contributed by atoms with Gasteiger partial charge in [0.15, 0.2) is 0 Å². The minimum atomic E-state index is -0.00397. The van der Waals surface area contributed by atoms with Crippen LogP contribution in [0.2, 0.25) is 0 Å². The van der Waals surface area contributed by atoms with Gasteiger partial charge < -0.3 is 9.38 Å². The van der Waals surface area contributed by atoms with Crippen molar-refractivity contribution in [1.29, 1.82) is 5.26 Å². The molecule has 202 valence electrons. The van der Waals surface area contributed by atoms with Crippen molar-refractivity contribution in [3.63, 3.8) is 0 Å². The van der Waals surface area contributed by atoms with E-state index in [1.165, 1.54) is 77.3 Å². The lowest BCUT2D eigenvalue weighted by Gasteiger charge is -2.43. The van der Waals surface area contributed by atoms with E-state index in [1.807, 2.05) is 18.2 Å². The lowest BCUT2D eigenvalue weighted by Crippen LogP contribution is -2.60. The third-order valence-corrected chi connectivity index (χ3v) is 9.92. The first kappa shape index (κ1) is 23.7. The van der Waals surface area contributed by atoms with Crippen LogP contribution in [0, 0.1) is 18.3 Å². The second-order valence-corrected chi connectivity index (χ2v) is 12.1. The molecule has 1 aromatic heterocycles. The number of hydrogen-bond donors (Lipinski definition) is 0. The average Bonchev–Trinajstić information content (AvgIpc) is 3.44. The molecule has 0 amide bonds. The van der Waals surface area contributed by atoms with Crippen molar-refractivity contribution in [2.45, 2.75) is 6.92 Å². The van der Waals surface area contributed by atoms with Crippen LogP contribution < -0.4 is 15.7 Å². The maximum Gasteiger partial charge on any atom is 0.333 e. The van der Waals surface area contributed by atoms with Gasteiger partial charge in [0.25, 0.3) is 0 Å². The lowest BCUT2D eigenvalue weighted by molar-refractivity contribution is 1.18. The van der Waals surface area contributed by atoms with Gasteiger partial charge in [0.1, 0.15) is 0 Å². The number of nitriles is 1. The summed E-state index contributed by atoms with van der Waals surface area (Å²) in [6, 6.07) is 48.4. The summed E-state index contributed by atoms with van der Waals surface area (Å²) >= 11 is 0. The number of aromatic nitrogens is 1. The van der Waals surface area contributed by atoms with E-state index in [9.17, 15) is 5.26 Å². The van der Waals surface area contributed by atoms with E-state index in [4.69, 9.17) is 0 Å². The number of nitrogens with zero attached hydrogens (tertiary/aromatic N) is 3. The molecule has 0 bridgehead atoms. The number of fused-ring (bicyclic) bond motifs is 5. The Morgan fingerprint density at radius 3 is 2.30 bits per heavy atom. The van der Waals surface area contributed by atoms with E-state index in [2.05, 4.69) is 132 Å². The Hall–Kier alpha value is -5.79. The zero-order valence-electron chi connectivity index (χ0n) is 24.0. The molecule has 0 fully saturated rings. The fourth-order valence-corrected chi connectivity index (χ4v) is 8.18. The van der Waals surface area contributed by atoms with Gasteiger partial charge in [-0.05, 0) is 93.3 Å². The quantitative estimate of drug-likeness (QED) is 0.158. The van der Waals surface area contributed by atoms with Crippen LogP contribution in [-0.2, 0) is 0 Å². The molecule has 4 heteroatoms. The van der Waals surface area contributed by atoms with Crippen molar-refractivity contribution < 1.29 is 0 Å². The van der Waals surface area contributed by atoms with Crippen molar-refractivity contribution >= 4 is 61.7 Å². The van der Waals surface area contributed by atoms with Gasteiger partial charge in [0.2, 0.25) is 0 Å². The first-order chi connectivity index (χ1) is 21.7. The zero-order valence-corrected chi connectivity index (χ0v) is 24.0. The SMILES string of the molecule is Cc1c(-c2cccc(C#N)c2)cc2c3c1-c1ccccc1N(c1ccccc1)B3c1ccc3ccc4cccc5c4c3c1n5-2. The molecule has 7 aromatic carbocycles. The minimum absolute atomic E-state index is 0.00397. The standard InChI is InChI=1S/C40H24BN3/c1-24-31(28-11-7-9-25(21-28)23-42)22-35-39-36(24)30-14-5-6-15-33(30)44(29-12-3-2-4-13-29)41(39)32-20-19-27-18-17-26-10-8-16-34-37(26)38(27)40(32)43(34)35/h2-22H,1H3. The van der Waals surface area contributed by atoms with Gasteiger partial charge in [0.05, 0.1) is 22.7 Å². The highest BCUT2D eigenvalue weighted by atomic mass is 15.1. The molecule has 0 aliphatic carbocycles. The summed E-state index contributed by atoms with van der Waals surface area (Å²) in [4.78, 5) is 2.55. The predicted octanol–water partition coefficient (Wildman–Crippen LogP) is 8.46. The largest absolute Gasteiger partial charge is 0.376 e. The highest BCUT2D eigenvalue weighted by Gasteiger charge is 2.44. The smallest absolute Gasteiger partial charge is 0.333 e. The van der Waals surface area contributed by atoms with Crippen LogP contribution in [0.4, 0.5) is 11.4 Å². The van der Waals surface area contributed by atoms with Gasteiger partial charge in [0, 0.05) is 33.4 Å². The Balaban J connectivity index is 1.44. The number of para-hydroxylation sites is 2. The van der Waals surface area contributed by atoms with Crippen LogP contribution in [-0.4, -0.2) is 11.4 Å². The number of hydrogen-bond acceptors (Lipinski definition) is 2. The summed E-state index contributed by atoms with van der Waals surface area (Å²) < 4.78 is 2.53. The van der Waals surface area contributed by atoms with E-state index in [0.717, 1.165) is 11.1 Å². The molecular formula is C40H24BN3. The van der Waals surface area contributed by atoms with Crippen LogP contribution >= 0.6 is 0 Å². The highest BCUT2D eigenvalue weighted by molar-refractivity contribution is 6.93. The molecule has 44 heavy (non-hydrogen) atoms. The van der Waals surface area contributed by atoms with Gasteiger partial charge >= 0.3 is 6.85 Å². The molecule has 0 saturated heterocycles. The summed E-state index contributed by atoms with van der Waals surface area (Å²) in [5, 5.41) is 15.0. The first-order valence-electron chi connectivity index (χ1n) is 15.1. The van der Waals surface area contributed by atoms with E-state index >= 15 is 0 Å². The molecule has 0 atom stereocenters. The fourth-order valence-electron chi connectivity index (χ4n) is 8.18. The Bertz CT molecular complexity index is 2540. The molecule has 0 saturated carbocycles. The number of rotatable bonds is 2. The van der Waals surface area contributed by atoms with Crippen molar-refractivity contribution in [3.8, 4) is 34.0 Å². The summed E-state index contributed by atoms with van der Waals surface area (Å²) in [6.07, 6.45) is 0. The van der Waals surface area contributed by atoms with Crippen LogP contribution in [0.5, 0.6) is 0 Å². The second kappa shape index (κ2) is 8.40. The van der Waals surface area contributed by atoms with Crippen molar-refractivity contribution in [1.82, 2.24) is 4.57 Å². The first-order valence-corrected chi connectivity index (χ1v) is 15.1. The number of anilines is 2. The lowest BCUT2D eigenvalue weighted by atomic mass is 9.43. The van der Waals surface area contributed by atoms with Gasteiger partial charge in [-0.3, -0.25) is 0 Å². The Labute approximate surface area is 255 Å². The Kier molecular flexibility index (Phi) is 4.53. The maximum atomic E-state index is 9.78. The van der Waals surface area contributed by atoms with E-state index in [-0.39, 0.29) is 6.85 Å². The molecule has 3 heterocycles. The molecule has 0 N–H and O–H groups in total. The molecule has 0 spiro atoms. The van der Waals surface area contributed by atoms with Gasteiger partial charge in [-0.1, -0.05) is 84.9 Å². The van der Waals surface area contributed by atoms with Crippen LogP contribution in [0.1, 0.15) is 11.1 Å². The fraction of sp³-hybridized carbons (Fsp3) is 0.0250. The monoisotopic (exact) mass is 557 g/mol. The zero-order chi connectivity index (χ0) is 29.1. The third-order valence-electron chi connectivity index (χ3n) is 9.92. The minimum Gasteiger partial charge on any atom is -0.376 e. The molecule has 2 aliphatic heterocycles. The van der Waals surface area contributed by atoms with Gasteiger partial charge in [-0.2, -0.15) is 5.26 Å². The molecular weight excluding hydrogens is 533 g/mol. The van der Waals surface area contributed by atoms with Crippen LogP contribution in [0.25, 0.3) is 60.5 Å². The molecule has 8 aromatic rings. The molecule has 0 unspecified atom stereocenters. The van der Waals surface area contributed by atoms with E-state index in [1.54, 1.807) is 0 Å². The summed E-state index contributed by atoms with van der Waals surface area (Å²) in [5.41, 5.74) is 15.5. The molecule has 10 rings (SSSR count). The van der Waals surface area contributed by atoms with Crippen LogP contribution in [0.15, 0.2) is 127 Å². The molecule has 2 aliphatic rings. The van der Waals surface area contributed by atoms with Gasteiger partial charge in [-0.25, -0.2) is 0 Å². The second-order valence-electron chi connectivity index (χ2n) is 12.1. The van der Waals surface area contributed by atoms with E-state index in [0.29, 0.717) is 5.56 Å². The summed E-state index contributed by atoms with van der Waals surface area (Å²) in [7, 11) is 0. The van der Waals surface area contributed by atoms with Gasteiger partial charge in [-0.15, -0.1) is 0 Å². The summed E-state index contributed by atoms with van der Waals surface area (Å²) in [6.45, 7) is 2.25. The van der Waals surface area contributed by atoms with E-state index < -0.39 is 0 Å². The predicted molar refractivity (Wildman–Crippen MR) is 183 cm³/mol. The van der Waals surface area contributed by atoms with Crippen molar-refractivity contribution in [3.05, 3.63) is 139 Å². The summed E-state index contributed by atoms with van der Waals surface area (Å²) in [5.74, 6) is 0. The molecule has 0 radical (unpaired) electrons. The molecule has 3 nitrogen and oxygen atoms in total. The number of benzene rings is 7. The topological polar surface area (TPSA) is 32.0 Å². The van der Waals surface area contributed by atoms with Crippen molar-refractivity contribution in [2.24, 2.45) is 0 Å². The van der Waals surface area contributed by atoms with Crippen LogP contribution in [0.3, 0.4) is 0 Å². The maximum absolute atomic E-state index is 9.78. The third kappa shape index (κ3) is 2.86. The van der Waals surface area contributed by atoms with Crippen molar-refractivity contribution in [2.75, 3.05) is 4.81 Å². The Morgan fingerprint density at radius 1 is 0.659 bits per heavy atom. The average molecular weight is 557 g/mol. The normalized spacial score (nSPS) is 13.0. The Morgan fingerprint density at radius 2 is 1.43 bits per heavy atom.